The number of fused-ring (bicyclic) bond motifs is 1. The van der Waals surface area contributed by atoms with Crippen LogP contribution in [0.25, 0.3) is 0 Å². The van der Waals surface area contributed by atoms with Gasteiger partial charge in [-0.1, -0.05) is 48.5 Å². The fourth-order valence-corrected chi connectivity index (χ4v) is 3.10. The zero-order valence-corrected chi connectivity index (χ0v) is 13.1. The zero-order valence-electron chi connectivity index (χ0n) is 13.1. The summed E-state index contributed by atoms with van der Waals surface area (Å²) in [5, 5.41) is 3.67. The van der Waals surface area contributed by atoms with Crippen LogP contribution in [0.1, 0.15) is 37.9 Å². The molecule has 2 aromatic rings. The third-order valence-corrected chi connectivity index (χ3v) is 4.37. The number of hydrogen-bond donors (Lipinski definition) is 1. The molecule has 2 nitrogen and oxygen atoms in total. The molecule has 1 N–H and O–H groups in total. The largest absolute Gasteiger partial charge is 0.363 e. The van der Waals surface area contributed by atoms with Gasteiger partial charge in [-0.3, -0.25) is 0 Å². The van der Waals surface area contributed by atoms with E-state index in [0.29, 0.717) is 6.04 Å². The molecular formula is C19H24N2. The minimum Gasteiger partial charge on any atom is -0.363 e. The number of anilines is 1. The predicted molar refractivity (Wildman–Crippen MR) is 89.6 cm³/mol. The quantitative estimate of drug-likeness (QED) is 0.889. The van der Waals surface area contributed by atoms with Crippen molar-refractivity contribution in [1.29, 1.82) is 0 Å². The van der Waals surface area contributed by atoms with Gasteiger partial charge in [0.15, 0.2) is 0 Å². The highest BCUT2D eigenvalue weighted by Gasteiger charge is 2.29. The van der Waals surface area contributed by atoms with E-state index in [0.717, 1.165) is 13.1 Å². The molecule has 2 aromatic carbocycles. The highest BCUT2D eigenvalue weighted by Crippen LogP contribution is 2.33. The van der Waals surface area contributed by atoms with Crippen molar-refractivity contribution in [2.75, 3.05) is 11.4 Å². The van der Waals surface area contributed by atoms with E-state index in [1.54, 1.807) is 0 Å². The molecule has 0 amide bonds. The van der Waals surface area contributed by atoms with Gasteiger partial charge in [0.1, 0.15) is 0 Å². The summed E-state index contributed by atoms with van der Waals surface area (Å²) in [5.41, 5.74) is 4.20. The molecule has 0 saturated heterocycles. The molecule has 0 spiro atoms. The Hall–Kier alpha value is -1.80. The second-order valence-electron chi connectivity index (χ2n) is 6.58. The van der Waals surface area contributed by atoms with E-state index in [2.05, 4.69) is 85.6 Å². The average molecular weight is 280 g/mol. The van der Waals surface area contributed by atoms with Crippen LogP contribution in [0.5, 0.6) is 0 Å². The summed E-state index contributed by atoms with van der Waals surface area (Å²) in [6.07, 6.45) is 0. The minimum absolute atomic E-state index is 0.0993. The van der Waals surface area contributed by atoms with Crippen molar-refractivity contribution < 1.29 is 0 Å². The summed E-state index contributed by atoms with van der Waals surface area (Å²) < 4.78 is 0. The molecule has 1 atom stereocenters. The van der Waals surface area contributed by atoms with Crippen molar-refractivity contribution >= 4 is 5.69 Å². The van der Waals surface area contributed by atoms with Crippen LogP contribution in [-0.2, 0) is 6.54 Å². The van der Waals surface area contributed by atoms with Crippen LogP contribution >= 0.6 is 0 Å². The second-order valence-corrected chi connectivity index (χ2v) is 6.58. The summed E-state index contributed by atoms with van der Waals surface area (Å²) >= 11 is 0. The van der Waals surface area contributed by atoms with Crippen LogP contribution in [0.4, 0.5) is 5.69 Å². The molecule has 110 valence electrons. The minimum atomic E-state index is 0.0993. The van der Waals surface area contributed by atoms with E-state index in [1.807, 2.05) is 0 Å². The van der Waals surface area contributed by atoms with E-state index in [1.165, 1.54) is 16.8 Å². The van der Waals surface area contributed by atoms with Gasteiger partial charge in [-0.25, -0.2) is 0 Å². The lowest BCUT2D eigenvalue weighted by Crippen LogP contribution is -2.47. The molecule has 1 aliphatic rings. The number of nitrogens with zero attached hydrogens (tertiary/aromatic N) is 1. The van der Waals surface area contributed by atoms with Crippen molar-refractivity contribution in [2.45, 2.75) is 38.9 Å². The third kappa shape index (κ3) is 2.96. The first-order valence-corrected chi connectivity index (χ1v) is 7.71. The maximum Gasteiger partial charge on any atom is 0.0515 e. The number of rotatable bonds is 2. The summed E-state index contributed by atoms with van der Waals surface area (Å²) in [5.74, 6) is 0. The molecule has 21 heavy (non-hydrogen) atoms. The van der Waals surface area contributed by atoms with Gasteiger partial charge < -0.3 is 10.2 Å². The molecule has 3 rings (SSSR count). The SMILES string of the molecule is CC(c1ccccc1)N1CC(C)(C)NCc2ccccc21. The fourth-order valence-electron chi connectivity index (χ4n) is 3.10. The fraction of sp³-hybridized carbons (Fsp3) is 0.368. The van der Waals surface area contributed by atoms with Crippen molar-refractivity contribution in [2.24, 2.45) is 0 Å². The van der Waals surface area contributed by atoms with E-state index in [4.69, 9.17) is 0 Å². The van der Waals surface area contributed by atoms with Gasteiger partial charge in [0.05, 0.1) is 6.04 Å². The first-order chi connectivity index (χ1) is 10.1. The molecule has 2 heteroatoms. The van der Waals surface area contributed by atoms with Crippen LogP contribution < -0.4 is 10.2 Å². The highest BCUT2D eigenvalue weighted by atomic mass is 15.2. The van der Waals surface area contributed by atoms with Gasteiger partial charge >= 0.3 is 0 Å². The maximum atomic E-state index is 3.67. The van der Waals surface area contributed by atoms with Gasteiger partial charge in [-0.15, -0.1) is 0 Å². The highest BCUT2D eigenvalue weighted by molar-refractivity contribution is 5.56. The van der Waals surface area contributed by atoms with E-state index < -0.39 is 0 Å². The molecule has 0 bridgehead atoms. The Bertz CT molecular complexity index is 604. The van der Waals surface area contributed by atoms with Gasteiger partial charge in [0.2, 0.25) is 0 Å². The van der Waals surface area contributed by atoms with E-state index in [9.17, 15) is 0 Å². The molecule has 0 saturated carbocycles. The number of para-hydroxylation sites is 1. The molecule has 0 aliphatic carbocycles. The number of nitrogens with one attached hydrogen (secondary N) is 1. The van der Waals surface area contributed by atoms with Crippen molar-refractivity contribution in [3.63, 3.8) is 0 Å². The molecule has 1 aliphatic heterocycles. The Morgan fingerprint density at radius 1 is 1.00 bits per heavy atom. The van der Waals surface area contributed by atoms with E-state index >= 15 is 0 Å². The third-order valence-electron chi connectivity index (χ3n) is 4.37. The molecule has 1 unspecified atom stereocenters. The van der Waals surface area contributed by atoms with Gasteiger partial charge in [-0.2, -0.15) is 0 Å². The average Bonchev–Trinajstić information content (AvgIpc) is 2.64. The Morgan fingerprint density at radius 3 is 2.43 bits per heavy atom. The van der Waals surface area contributed by atoms with Crippen LogP contribution in [0.2, 0.25) is 0 Å². The van der Waals surface area contributed by atoms with Gasteiger partial charge in [0, 0.05) is 24.3 Å². The lowest BCUT2D eigenvalue weighted by atomic mass is 10.0. The Morgan fingerprint density at radius 2 is 1.67 bits per heavy atom. The van der Waals surface area contributed by atoms with E-state index in [-0.39, 0.29) is 5.54 Å². The lowest BCUT2D eigenvalue weighted by molar-refractivity contribution is 0.387. The molecular weight excluding hydrogens is 256 g/mol. The summed E-state index contributed by atoms with van der Waals surface area (Å²) in [6.45, 7) is 8.79. The smallest absolute Gasteiger partial charge is 0.0515 e. The first kappa shape index (κ1) is 14.2. The molecule has 0 aromatic heterocycles. The van der Waals surface area contributed by atoms with Crippen LogP contribution in [0, 0.1) is 0 Å². The van der Waals surface area contributed by atoms with Gasteiger partial charge in [-0.05, 0) is 38.0 Å². The summed E-state index contributed by atoms with van der Waals surface area (Å²) in [4.78, 5) is 2.53. The molecule has 0 radical (unpaired) electrons. The topological polar surface area (TPSA) is 15.3 Å². The number of benzene rings is 2. The predicted octanol–water partition coefficient (Wildman–Crippen LogP) is 4.14. The van der Waals surface area contributed by atoms with Gasteiger partial charge in [0.25, 0.3) is 0 Å². The van der Waals surface area contributed by atoms with Crippen LogP contribution in [0.3, 0.4) is 0 Å². The first-order valence-electron chi connectivity index (χ1n) is 7.71. The zero-order chi connectivity index (χ0) is 14.9. The Labute approximate surface area is 127 Å². The lowest BCUT2D eigenvalue weighted by Gasteiger charge is -2.36. The van der Waals surface area contributed by atoms with Crippen molar-refractivity contribution in [3.8, 4) is 0 Å². The molecule has 0 fully saturated rings. The molecule has 1 heterocycles. The van der Waals surface area contributed by atoms with Crippen LogP contribution in [0.15, 0.2) is 54.6 Å². The Kier molecular flexibility index (Phi) is 3.73. The van der Waals surface area contributed by atoms with Crippen LogP contribution in [-0.4, -0.2) is 12.1 Å². The normalized spacial score (nSPS) is 18.7. The summed E-state index contributed by atoms with van der Waals surface area (Å²) in [7, 11) is 0. The second kappa shape index (κ2) is 5.53. The number of hydrogen-bond acceptors (Lipinski definition) is 2. The maximum absolute atomic E-state index is 3.67. The standard InChI is InChI=1S/C19H24N2/c1-15(16-9-5-4-6-10-16)21-14-19(2,3)20-13-17-11-7-8-12-18(17)21/h4-12,15,20H,13-14H2,1-3H3. The van der Waals surface area contributed by atoms with Crippen molar-refractivity contribution in [1.82, 2.24) is 5.32 Å². The Balaban J connectivity index is 2.02. The van der Waals surface area contributed by atoms with Crippen molar-refractivity contribution in [3.05, 3.63) is 65.7 Å². The summed E-state index contributed by atoms with van der Waals surface area (Å²) in [6, 6.07) is 19.9. The monoisotopic (exact) mass is 280 g/mol.